The number of esters is 1. The molecule has 0 fully saturated rings. The van der Waals surface area contributed by atoms with Gasteiger partial charge in [0.1, 0.15) is 5.71 Å². The van der Waals surface area contributed by atoms with Gasteiger partial charge in [-0.25, -0.2) is 4.79 Å². The van der Waals surface area contributed by atoms with E-state index in [1.54, 1.807) is 19.1 Å². The summed E-state index contributed by atoms with van der Waals surface area (Å²) in [5, 5.41) is 11.1. The van der Waals surface area contributed by atoms with Gasteiger partial charge >= 0.3 is 5.97 Å². The molecule has 1 aromatic rings. The molecule has 0 amide bonds. The molecule has 0 bridgehead atoms. The summed E-state index contributed by atoms with van der Waals surface area (Å²) < 4.78 is 4.72. The SMILES string of the molecule is CCC(=O)C(=N)c1cc(NCC(C)C)cc(C(=O)OC)c1. The number of hydrogen-bond acceptors (Lipinski definition) is 5. The maximum absolute atomic E-state index is 11.7. The van der Waals surface area contributed by atoms with Crippen LogP contribution in [0, 0.1) is 11.3 Å². The summed E-state index contributed by atoms with van der Waals surface area (Å²) in [7, 11) is 1.30. The van der Waals surface area contributed by atoms with Crippen LogP contribution in [0.1, 0.15) is 43.1 Å². The lowest BCUT2D eigenvalue weighted by molar-refractivity contribution is -0.112. The molecule has 5 nitrogen and oxygen atoms in total. The molecule has 2 N–H and O–H groups in total. The Morgan fingerprint density at radius 1 is 1.24 bits per heavy atom. The van der Waals surface area contributed by atoms with E-state index in [1.807, 2.05) is 0 Å². The highest BCUT2D eigenvalue weighted by Gasteiger charge is 2.15. The van der Waals surface area contributed by atoms with Gasteiger partial charge in [-0.15, -0.1) is 0 Å². The first-order chi connectivity index (χ1) is 9.88. The molecule has 0 unspecified atom stereocenters. The molecule has 0 aromatic heterocycles. The average Bonchev–Trinajstić information content (AvgIpc) is 2.50. The maximum atomic E-state index is 11.7. The molecule has 21 heavy (non-hydrogen) atoms. The van der Waals surface area contributed by atoms with Gasteiger partial charge in [0.15, 0.2) is 5.78 Å². The predicted octanol–water partition coefficient (Wildman–Crippen LogP) is 2.89. The number of hydrogen-bond donors (Lipinski definition) is 2. The van der Waals surface area contributed by atoms with E-state index in [1.165, 1.54) is 13.2 Å². The Hall–Kier alpha value is -2.17. The molecule has 0 radical (unpaired) electrons. The second-order valence-corrected chi connectivity index (χ2v) is 5.22. The lowest BCUT2D eigenvalue weighted by atomic mass is 10.0. The fraction of sp³-hybridized carbons (Fsp3) is 0.438. The molecular formula is C16H22N2O3. The van der Waals surface area contributed by atoms with E-state index in [0.717, 1.165) is 6.54 Å². The number of carbonyl (C=O) groups is 2. The zero-order chi connectivity index (χ0) is 16.0. The molecule has 0 atom stereocenters. The highest BCUT2D eigenvalue weighted by atomic mass is 16.5. The molecule has 0 aliphatic heterocycles. The molecule has 114 valence electrons. The maximum Gasteiger partial charge on any atom is 0.337 e. The highest BCUT2D eigenvalue weighted by molar-refractivity contribution is 6.45. The Balaban J connectivity index is 3.17. The average molecular weight is 290 g/mol. The zero-order valence-electron chi connectivity index (χ0n) is 12.9. The van der Waals surface area contributed by atoms with E-state index >= 15 is 0 Å². The molecule has 0 spiro atoms. The first kappa shape index (κ1) is 16.9. The van der Waals surface area contributed by atoms with Gasteiger partial charge in [-0.3, -0.25) is 10.2 Å². The number of Topliss-reactive ketones (excluding diaryl/α,β-unsaturated/α-hetero) is 1. The van der Waals surface area contributed by atoms with E-state index in [9.17, 15) is 9.59 Å². The first-order valence-corrected chi connectivity index (χ1v) is 6.98. The van der Waals surface area contributed by atoms with E-state index in [4.69, 9.17) is 10.1 Å². The number of carbonyl (C=O) groups excluding carboxylic acids is 2. The third-order valence-electron chi connectivity index (χ3n) is 2.96. The van der Waals surface area contributed by atoms with Crippen LogP contribution in [-0.4, -0.2) is 31.1 Å². The first-order valence-electron chi connectivity index (χ1n) is 6.98. The molecular weight excluding hydrogens is 268 g/mol. The monoisotopic (exact) mass is 290 g/mol. The fourth-order valence-electron chi connectivity index (χ4n) is 1.77. The van der Waals surface area contributed by atoms with Crippen LogP contribution in [0.3, 0.4) is 0 Å². The Morgan fingerprint density at radius 3 is 2.38 bits per heavy atom. The van der Waals surface area contributed by atoms with Crippen molar-refractivity contribution in [3.63, 3.8) is 0 Å². The van der Waals surface area contributed by atoms with Crippen molar-refractivity contribution in [2.45, 2.75) is 27.2 Å². The van der Waals surface area contributed by atoms with Gasteiger partial charge in [-0.2, -0.15) is 0 Å². The number of ether oxygens (including phenoxy) is 1. The van der Waals surface area contributed by atoms with E-state index in [0.29, 0.717) is 22.7 Å². The summed E-state index contributed by atoms with van der Waals surface area (Å²) >= 11 is 0. The third kappa shape index (κ3) is 4.70. The van der Waals surface area contributed by atoms with Gasteiger partial charge in [-0.1, -0.05) is 20.8 Å². The number of anilines is 1. The Morgan fingerprint density at radius 2 is 1.86 bits per heavy atom. The van der Waals surface area contributed by atoms with Crippen LogP contribution in [0.25, 0.3) is 0 Å². The largest absolute Gasteiger partial charge is 0.465 e. The summed E-state index contributed by atoms with van der Waals surface area (Å²) in [6, 6.07) is 4.90. The van der Waals surface area contributed by atoms with Gasteiger partial charge in [0.05, 0.1) is 12.7 Å². The van der Waals surface area contributed by atoms with Crippen molar-refractivity contribution in [2.75, 3.05) is 19.0 Å². The van der Waals surface area contributed by atoms with Gasteiger partial charge < -0.3 is 10.1 Å². The minimum Gasteiger partial charge on any atom is -0.465 e. The van der Waals surface area contributed by atoms with Crippen molar-refractivity contribution in [3.8, 4) is 0 Å². The van der Waals surface area contributed by atoms with Crippen LogP contribution in [0.4, 0.5) is 5.69 Å². The van der Waals surface area contributed by atoms with Gasteiger partial charge in [0, 0.05) is 24.2 Å². The molecule has 0 saturated carbocycles. The summed E-state index contributed by atoms with van der Waals surface area (Å²) in [6.07, 6.45) is 0.260. The van der Waals surface area contributed by atoms with Gasteiger partial charge in [0.25, 0.3) is 0 Å². The number of methoxy groups -OCH3 is 1. The molecule has 0 heterocycles. The number of ketones is 1. The normalized spacial score (nSPS) is 10.3. The zero-order valence-corrected chi connectivity index (χ0v) is 12.9. The Bertz CT molecular complexity index is 550. The van der Waals surface area contributed by atoms with E-state index in [2.05, 4.69) is 19.2 Å². The fourth-order valence-corrected chi connectivity index (χ4v) is 1.77. The molecule has 0 aliphatic carbocycles. The second kappa shape index (κ2) is 7.57. The standard InChI is InChI=1S/C16H22N2O3/c1-5-14(19)15(17)11-6-12(16(20)21-4)8-13(7-11)18-9-10(2)3/h6-8,10,17-18H,5,9H2,1-4H3. The number of rotatable bonds is 7. The van der Waals surface area contributed by atoms with Crippen LogP contribution in [0.15, 0.2) is 18.2 Å². The number of benzene rings is 1. The molecule has 0 aliphatic rings. The number of nitrogens with one attached hydrogen (secondary N) is 2. The van der Waals surface area contributed by atoms with Crippen LogP contribution >= 0.6 is 0 Å². The molecule has 0 saturated heterocycles. The molecule has 1 rings (SSSR count). The molecule has 5 heteroatoms. The van der Waals surface area contributed by atoms with Crippen molar-refractivity contribution in [1.82, 2.24) is 0 Å². The van der Waals surface area contributed by atoms with Crippen LogP contribution in [-0.2, 0) is 9.53 Å². The van der Waals surface area contributed by atoms with Crippen molar-refractivity contribution in [1.29, 1.82) is 5.41 Å². The van der Waals surface area contributed by atoms with Crippen molar-refractivity contribution >= 4 is 23.2 Å². The third-order valence-corrected chi connectivity index (χ3v) is 2.96. The van der Waals surface area contributed by atoms with Crippen LogP contribution in [0.5, 0.6) is 0 Å². The van der Waals surface area contributed by atoms with E-state index in [-0.39, 0.29) is 17.9 Å². The van der Waals surface area contributed by atoms with Gasteiger partial charge in [-0.05, 0) is 24.1 Å². The molecule has 1 aromatic carbocycles. The topological polar surface area (TPSA) is 79.3 Å². The van der Waals surface area contributed by atoms with Crippen molar-refractivity contribution < 1.29 is 14.3 Å². The van der Waals surface area contributed by atoms with Crippen molar-refractivity contribution in [3.05, 3.63) is 29.3 Å². The second-order valence-electron chi connectivity index (χ2n) is 5.22. The minimum atomic E-state index is -0.485. The summed E-state index contributed by atoms with van der Waals surface area (Å²) in [6.45, 7) is 6.58. The lowest BCUT2D eigenvalue weighted by Gasteiger charge is -2.12. The summed E-state index contributed by atoms with van der Waals surface area (Å²) in [5.74, 6) is -0.306. The predicted molar refractivity (Wildman–Crippen MR) is 83.2 cm³/mol. The van der Waals surface area contributed by atoms with Gasteiger partial charge in [0.2, 0.25) is 0 Å². The highest BCUT2D eigenvalue weighted by Crippen LogP contribution is 2.18. The minimum absolute atomic E-state index is 0.0872. The quantitative estimate of drug-likeness (QED) is 0.598. The summed E-state index contributed by atoms with van der Waals surface area (Å²) in [4.78, 5) is 23.4. The van der Waals surface area contributed by atoms with E-state index < -0.39 is 5.97 Å². The smallest absolute Gasteiger partial charge is 0.337 e. The lowest BCUT2D eigenvalue weighted by Crippen LogP contribution is -2.15. The summed E-state index contributed by atoms with van der Waals surface area (Å²) in [5.41, 5.74) is 1.37. The van der Waals surface area contributed by atoms with Crippen LogP contribution in [0.2, 0.25) is 0 Å². The Kier molecular flexibility index (Phi) is 6.09. The van der Waals surface area contributed by atoms with Crippen molar-refractivity contribution in [2.24, 2.45) is 5.92 Å². The Labute approximate surface area is 125 Å². The van der Waals surface area contributed by atoms with Crippen LogP contribution < -0.4 is 5.32 Å².